The minimum atomic E-state index is -1.22. The lowest BCUT2D eigenvalue weighted by atomic mass is 9.95. The van der Waals surface area contributed by atoms with E-state index in [1.807, 2.05) is 12.1 Å². The van der Waals surface area contributed by atoms with Gasteiger partial charge in [0.15, 0.2) is 17.7 Å². The molecule has 0 aliphatic carbocycles. The van der Waals surface area contributed by atoms with E-state index in [1.54, 1.807) is 56.3 Å². The molecule has 1 aliphatic heterocycles. The van der Waals surface area contributed by atoms with Crippen LogP contribution in [0.15, 0.2) is 71.0 Å². The van der Waals surface area contributed by atoms with E-state index < -0.39 is 24.3 Å². The predicted octanol–water partition coefficient (Wildman–Crippen LogP) is 5.75. The number of hydrogen-bond donors (Lipinski definition) is 4. The molecular formula is C31H31Cl3N4O7. The summed E-state index contributed by atoms with van der Waals surface area (Å²) in [4.78, 5) is 24.6. The molecule has 45 heavy (non-hydrogen) atoms. The van der Waals surface area contributed by atoms with Crippen molar-refractivity contribution in [3.63, 3.8) is 0 Å². The highest BCUT2D eigenvalue weighted by Crippen LogP contribution is 2.35. The lowest BCUT2D eigenvalue weighted by Crippen LogP contribution is -2.45. The van der Waals surface area contributed by atoms with Crippen molar-refractivity contribution in [1.82, 2.24) is 16.1 Å². The standard InChI is InChI=1S/C31H31Cl3N4O7/c1-4-43-25-12-19(28-27(30(40)42-3)17(2)36-31(41)37-28)7-10-24(25)44-16-26(39)38-35-14-20-11-22(33)13-23(34)29(20)45-15-18-5-8-21(32)9-6-18/h5-14,26,28,38-39H,4,15-16H2,1-3H3,(H2,36,37,41)/b35-14+/t26-,28+/m0/s1. The summed E-state index contributed by atoms with van der Waals surface area (Å²) in [6.07, 6.45) is 0.198. The van der Waals surface area contributed by atoms with E-state index in [-0.39, 0.29) is 18.8 Å². The summed E-state index contributed by atoms with van der Waals surface area (Å²) >= 11 is 18.5. The number of methoxy groups -OCH3 is 1. The highest BCUT2D eigenvalue weighted by atomic mass is 35.5. The summed E-state index contributed by atoms with van der Waals surface area (Å²) in [5.41, 5.74) is 5.16. The minimum Gasteiger partial charge on any atom is -0.490 e. The average molecular weight is 678 g/mol. The molecule has 11 nitrogen and oxygen atoms in total. The zero-order chi connectivity index (χ0) is 32.5. The molecule has 3 aromatic rings. The first-order valence-corrected chi connectivity index (χ1v) is 14.8. The third kappa shape index (κ3) is 8.95. The Bertz CT molecular complexity index is 1600. The van der Waals surface area contributed by atoms with Gasteiger partial charge < -0.3 is 34.7 Å². The fraction of sp³-hybridized carbons (Fsp3) is 0.258. The number of nitrogens with one attached hydrogen (secondary N) is 3. The van der Waals surface area contributed by atoms with Gasteiger partial charge >= 0.3 is 12.0 Å². The maximum absolute atomic E-state index is 12.5. The largest absolute Gasteiger partial charge is 0.490 e. The Kier molecular flexibility index (Phi) is 11.8. The monoisotopic (exact) mass is 676 g/mol. The van der Waals surface area contributed by atoms with Crippen molar-refractivity contribution in [2.75, 3.05) is 20.3 Å². The van der Waals surface area contributed by atoms with Gasteiger partial charge in [-0.3, -0.25) is 5.43 Å². The van der Waals surface area contributed by atoms with Crippen LogP contribution < -0.4 is 30.3 Å². The van der Waals surface area contributed by atoms with Crippen LogP contribution in [0.1, 0.15) is 36.6 Å². The van der Waals surface area contributed by atoms with Gasteiger partial charge in [-0.2, -0.15) is 5.10 Å². The number of hydrogen-bond acceptors (Lipinski definition) is 9. The molecule has 1 aliphatic rings. The molecule has 4 N–H and O–H groups in total. The van der Waals surface area contributed by atoms with Crippen LogP contribution in [-0.4, -0.2) is 49.9 Å². The lowest BCUT2D eigenvalue weighted by molar-refractivity contribution is -0.136. The van der Waals surface area contributed by atoms with Crippen LogP contribution in [0.2, 0.25) is 15.1 Å². The molecule has 0 aromatic heterocycles. The SMILES string of the molecule is CCOc1cc([C@H]2NC(=O)NC(C)=C2C(=O)OC)ccc1OC[C@H](O)N/N=C/c1cc(Cl)cc(Cl)c1OCc1ccc(Cl)cc1. The number of carbonyl (C=O) groups excluding carboxylic acids is 2. The van der Waals surface area contributed by atoms with Crippen molar-refractivity contribution < 1.29 is 33.6 Å². The minimum absolute atomic E-state index is 0.205. The second-order valence-electron chi connectivity index (χ2n) is 9.64. The molecule has 4 rings (SSSR count). The number of aliphatic hydroxyl groups is 1. The van der Waals surface area contributed by atoms with Crippen LogP contribution >= 0.6 is 34.8 Å². The maximum atomic E-state index is 12.5. The van der Waals surface area contributed by atoms with Gasteiger partial charge in [0, 0.05) is 21.3 Å². The Morgan fingerprint density at radius 3 is 2.51 bits per heavy atom. The van der Waals surface area contributed by atoms with Crippen molar-refractivity contribution in [2.24, 2.45) is 5.10 Å². The molecule has 0 fully saturated rings. The van der Waals surface area contributed by atoms with Gasteiger partial charge in [0.05, 0.1) is 36.6 Å². The summed E-state index contributed by atoms with van der Waals surface area (Å²) in [6, 6.07) is 14.1. The van der Waals surface area contributed by atoms with E-state index in [9.17, 15) is 14.7 Å². The second-order valence-corrected chi connectivity index (χ2v) is 10.9. The quantitative estimate of drug-likeness (QED) is 0.0777. The van der Waals surface area contributed by atoms with E-state index in [2.05, 4.69) is 21.2 Å². The van der Waals surface area contributed by atoms with Crippen LogP contribution in [0.3, 0.4) is 0 Å². The molecular weight excluding hydrogens is 647 g/mol. The van der Waals surface area contributed by atoms with Crippen LogP contribution in [-0.2, 0) is 16.1 Å². The smallest absolute Gasteiger partial charge is 0.337 e. The molecule has 0 saturated heterocycles. The second kappa shape index (κ2) is 15.7. The third-order valence-corrected chi connectivity index (χ3v) is 7.18. The van der Waals surface area contributed by atoms with E-state index in [1.165, 1.54) is 13.3 Å². The van der Waals surface area contributed by atoms with Crippen molar-refractivity contribution in [3.8, 4) is 17.2 Å². The Labute approximate surface area is 275 Å². The third-order valence-electron chi connectivity index (χ3n) is 6.43. The highest BCUT2D eigenvalue weighted by Gasteiger charge is 2.32. The van der Waals surface area contributed by atoms with Crippen LogP contribution in [0.4, 0.5) is 4.79 Å². The molecule has 2 atom stereocenters. The number of ether oxygens (including phenoxy) is 4. The van der Waals surface area contributed by atoms with Crippen molar-refractivity contribution >= 4 is 53.0 Å². The van der Waals surface area contributed by atoms with E-state index in [0.717, 1.165) is 5.56 Å². The predicted molar refractivity (Wildman–Crippen MR) is 171 cm³/mol. The number of allylic oxidation sites excluding steroid dienone is 1. The number of amides is 2. The van der Waals surface area contributed by atoms with Gasteiger partial charge in [-0.25, -0.2) is 9.59 Å². The number of benzene rings is 3. The molecule has 238 valence electrons. The number of esters is 1. The lowest BCUT2D eigenvalue weighted by Gasteiger charge is -2.28. The van der Waals surface area contributed by atoms with Gasteiger partial charge in [-0.05, 0) is 61.4 Å². The summed E-state index contributed by atoms with van der Waals surface area (Å²) in [7, 11) is 1.27. The zero-order valence-corrected chi connectivity index (χ0v) is 26.8. The van der Waals surface area contributed by atoms with Crippen molar-refractivity contribution in [2.45, 2.75) is 32.7 Å². The topological polar surface area (TPSA) is 140 Å². The molecule has 2 amide bonds. The molecule has 0 saturated carbocycles. The van der Waals surface area contributed by atoms with Crippen molar-refractivity contribution in [3.05, 3.63) is 97.6 Å². The normalized spacial score (nSPS) is 15.3. The Morgan fingerprint density at radius 2 is 1.80 bits per heavy atom. The first-order chi connectivity index (χ1) is 21.6. The first kappa shape index (κ1) is 33.7. The first-order valence-electron chi connectivity index (χ1n) is 13.7. The molecule has 0 radical (unpaired) electrons. The number of carbonyl (C=O) groups is 2. The van der Waals surface area contributed by atoms with Crippen molar-refractivity contribution in [1.29, 1.82) is 0 Å². The maximum Gasteiger partial charge on any atom is 0.337 e. The van der Waals surface area contributed by atoms with E-state index in [4.69, 9.17) is 53.8 Å². The van der Waals surface area contributed by atoms with Crippen LogP contribution in [0, 0.1) is 0 Å². The Hall–Kier alpha value is -4.16. The van der Waals surface area contributed by atoms with Gasteiger partial charge in [0.25, 0.3) is 0 Å². The molecule has 0 bridgehead atoms. The summed E-state index contributed by atoms with van der Waals surface area (Å²) < 4.78 is 22.4. The molecule has 14 heteroatoms. The number of halogens is 3. The highest BCUT2D eigenvalue weighted by molar-refractivity contribution is 6.36. The molecule has 0 spiro atoms. The number of aliphatic hydroxyl groups excluding tert-OH is 1. The van der Waals surface area contributed by atoms with Gasteiger partial charge in [-0.15, -0.1) is 0 Å². The fourth-order valence-electron chi connectivity index (χ4n) is 4.38. The summed E-state index contributed by atoms with van der Waals surface area (Å²) in [6.45, 7) is 3.75. The van der Waals surface area contributed by atoms with Gasteiger partial charge in [0.2, 0.25) is 0 Å². The molecule has 1 heterocycles. The molecule has 3 aromatic carbocycles. The summed E-state index contributed by atoms with van der Waals surface area (Å²) in [5, 5.41) is 21.2. The zero-order valence-electron chi connectivity index (χ0n) is 24.5. The van der Waals surface area contributed by atoms with E-state index in [0.29, 0.717) is 55.7 Å². The Balaban J connectivity index is 1.42. The number of hydrazone groups is 1. The average Bonchev–Trinajstić information content (AvgIpc) is 3.00. The number of urea groups is 1. The fourth-order valence-corrected chi connectivity index (χ4v) is 5.07. The van der Waals surface area contributed by atoms with Gasteiger partial charge in [-0.1, -0.05) is 53.0 Å². The summed E-state index contributed by atoms with van der Waals surface area (Å²) in [5.74, 6) is 0.444. The van der Waals surface area contributed by atoms with Crippen LogP contribution in [0.25, 0.3) is 0 Å². The van der Waals surface area contributed by atoms with E-state index >= 15 is 0 Å². The molecule has 0 unspecified atom stereocenters. The number of rotatable bonds is 13. The number of nitrogens with zero attached hydrogens (tertiary/aromatic N) is 1. The van der Waals surface area contributed by atoms with Gasteiger partial charge in [0.1, 0.15) is 19.0 Å². The Morgan fingerprint density at radius 1 is 1.04 bits per heavy atom. The van der Waals surface area contributed by atoms with Crippen LogP contribution in [0.5, 0.6) is 17.2 Å².